The van der Waals surface area contributed by atoms with E-state index in [0.29, 0.717) is 69.8 Å². The lowest BCUT2D eigenvalue weighted by atomic mass is 9.93. The molecule has 1 atom stereocenters. The zero-order valence-corrected chi connectivity index (χ0v) is 28.2. The fourth-order valence-corrected chi connectivity index (χ4v) is 7.10. The molecule has 1 fully saturated rings. The van der Waals surface area contributed by atoms with E-state index in [2.05, 4.69) is 35.6 Å². The molecule has 0 bridgehead atoms. The summed E-state index contributed by atoms with van der Waals surface area (Å²) >= 11 is 14.0. The van der Waals surface area contributed by atoms with Crippen LogP contribution in [0.15, 0.2) is 48.7 Å². The molecule has 8 nitrogen and oxygen atoms in total. The number of aryl methyl sites for hydroxylation is 1. The van der Waals surface area contributed by atoms with Gasteiger partial charge >= 0.3 is 0 Å². The van der Waals surface area contributed by atoms with E-state index in [-0.39, 0.29) is 18.3 Å². The van der Waals surface area contributed by atoms with Crippen LogP contribution in [-0.2, 0) is 25.9 Å². The van der Waals surface area contributed by atoms with Crippen LogP contribution in [0.25, 0.3) is 22.4 Å². The number of hydrogen-bond donors (Lipinski definition) is 1. The second-order valence-electron chi connectivity index (χ2n) is 12.4. The Hall–Kier alpha value is -3.40. The summed E-state index contributed by atoms with van der Waals surface area (Å²) in [6.07, 6.45) is 3.54. The smallest absolute Gasteiger partial charge is 0.237 e. The van der Waals surface area contributed by atoms with E-state index in [1.807, 2.05) is 42.5 Å². The van der Waals surface area contributed by atoms with Crippen molar-refractivity contribution >= 4 is 29.0 Å². The Labute approximate surface area is 280 Å². The summed E-state index contributed by atoms with van der Waals surface area (Å²) in [5, 5.41) is 10.6. The minimum absolute atomic E-state index is 0.0688. The van der Waals surface area contributed by atoms with Crippen LogP contribution < -0.4 is 4.74 Å². The number of fused-ring (bicyclic) bond motifs is 1. The van der Waals surface area contributed by atoms with Gasteiger partial charge in [-0.1, -0.05) is 66.5 Å². The largest absolute Gasteiger partial charge is 0.480 e. The maximum Gasteiger partial charge on any atom is 0.237 e. The molecule has 4 aromatic rings. The molecule has 0 radical (unpaired) electrons. The Balaban J connectivity index is 1.25. The molecule has 2 aromatic heterocycles. The van der Waals surface area contributed by atoms with Gasteiger partial charge in [0.2, 0.25) is 5.88 Å². The minimum atomic E-state index is -0.298. The highest BCUT2D eigenvalue weighted by atomic mass is 35.5. The van der Waals surface area contributed by atoms with Gasteiger partial charge in [-0.25, -0.2) is 9.97 Å². The van der Waals surface area contributed by atoms with E-state index in [1.54, 1.807) is 13.3 Å². The number of rotatable bonds is 10. The molecule has 240 valence electrons. The summed E-state index contributed by atoms with van der Waals surface area (Å²) < 4.78 is 5.56. The van der Waals surface area contributed by atoms with Gasteiger partial charge in [-0.3, -0.25) is 19.6 Å². The average molecular weight is 661 g/mol. The van der Waals surface area contributed by atoms with Crippen molar-refractivity contribution in [3.05, 3.63) is 92.5 Å². The first-order valence-electron chi connectivity index (χ1n) is 15.8. The fraction of sp³-hybridized carbons (Fsp3) is 0.389. The Morgan fingerprint density at radius 2 is 1.78 bits per heavy atom. The van der Waals surface area contributed by atoms with Gasteiger partial charge in [0, 0.05) is 55.3 Å². The van der Waals surface area contributed by atoms with Gasteiger partial charge in [-0.2, -0.15) is 0 Å². The number of aromatic nitrogens is 3. The first-order chi connectivity index (χ1) is 22.2. The molecule has 46 heavy (non-hydrogen) atoms. The van der Waals surface area contributed by atoms with Crippen LogP contribution in [0.4, 0.5) is 0 Å². The number of aliphatic hydroxyl groups is 1. The molecule has 1 N–H and O–H groups in total. The molecular weight excluding hydrogens is 621 g/mol. The van der Waals surface area contributed by atoms with Gasteiger partial charge in [0.1, 0.15) is 11.4 Å². The van der Waals surface area contributed by atoms with Crippen LogP contribution >= 0.6 is 23.2 Å². The minimum Gasteiger partial charge on any atom is -0.480 e. The first-order valence-corrected chi connectivity index (χ1v) is 16.6. The van der Waals surface area contributed by atoms with Crippen LogP contribution in [0, 0.1) is 6.92 Å². The van der Waals surface area contributed by atoms with Crippen molar-refractivity contribution in [1.29, 1.82) is 0 Å². The van der Waals surface area contributed by atoms with E-state index < -0.39 is 0 Å². The Bertz CT molecular complexity index is 1780. The summed E-state index contributed by atoms with van der Waals surface area (Å²) in [7, 11) is 1.56. The van der Waals surface area contributed by atoms with Gasteiger partial charge in [0.25, 0.3) is 0 Å². The number of nitrogens with zero attached hydrogens (tertiary/aromatic N) is 5. The zero-order chi connectivity index (χ0) is 32.5. The lowest BCUT2D eigenvalue weighted by Crippen LogP contribution is -2.50. The summed E-state index contributed by atoms with van der Waals surface area (Å²) in [5.41, 5.74) is 7.98. The van der Waals surface area contributed by atoms with E-state index in [9.17, 15) is 9.90 Å². The van der Waals surface area contributed by atoms with Crippen molar-refractivity contribution in [2.24, 2.45) is 0 Å². The molecule has 2 aliphatic heterocycles. The number of carbonyl (C=O) groups excluding carboxylic acids is 1. The molecule has 6 rings (SSSR count). The normalized spacial score (nSPS) is 17.1. The van der Waals surface area contributed by atoms with Crippen LogP contribution in [0.1, 0.15) is 58.8 Å². The standard InChI is InChI=1S/C36H39Cl2N5O3/c1-5-12-43-20-31-28(14-22(43)3)21(2)13-29(40-31)33(45)15-23-8-6-9-25(34(23)37)26-10-7-11-27(35(26)38)30-16-39-32(36(41-30)46-4)19-42-17-24(44)18-42/h6-11,13,16,22,24,44H,5,12,14-15,17-20H2,1-4H3. The molecule has 0 aliphatic carbocycles. The highest BCUT2D eigenvalue weighted by Gasteiger charge is 2.28. The number of ketones is 1. The molecule has 4 heterocycles. The molecular formula is C36H39Cl2N5O3. The lowest BCUT2D eigenvalue weighted by molar-refractivity contribution is -0.00403. The maximum atomic E-state index is 13.6. The number of aliphatic hydroxyl groups excluding tert-OH is 1. The number of methoxy groups -OCH3 is 1. The second kappa shape index (κ2) is 13.8. The molecule has 2 aromatic carbocycles. The summed E-state index contributed by atoms with van der Waals surface area (Å²) in [6, 6.07) is 13.8. The molecule has 10 heteroatoms. The number of β-amino-alcohol motifs (C(OH)–C–C–N with tert-alkyl or cyclic N) is 1. The van der Waals surface area contributed by atoms with E-state index in [4.69, 9.17) is 37.9 Å². The number of ether oxygens (including phenoxy) is 1. The van der Waals surface area contributed by atoms with Crippen LogP contribution in [0.5, 0.6) is 5.88 Å². The molecule has 0 saturated carbocycles. The topological polar surface area (TPSA) is 91.7 Å². The van der Waals surface area contributed by atoms with Crippen molar-refractivity contribution < 1.29 is 14.6 Å². The molecule has 2 aliphatic rings. The van der Waals surface area contributed by atoms with Gasteiger partial charge in [-0.15, -0.1) is 0 Å². The average Bonchev–Trinajstić information content (AvgIpc) is 3.02. The third kappa shape index (κ3) is 6.55. The first kappa shape index (κ1) is 32.5. The summed E-state index contributed by atoms with van der Waals surface area (Å²) in [5.74, 6) is 0.346. The predicted octanol–water partition coefficient (Wildman–Crippen LogP) is 6.59. The quantitative estimate of drug-likeness (QED) is 0.191. The van der Waals surface area contributed by atoms with Crippen molar-refractivity contribution in [1.82, 2.24) is 24.8 Å². The predicted molar refractivity (Wildman–Crippen MR) is 182 cm³/mol. The Morgan fingerprint density at radius 3 is 2.50 bits per heavy atom. The third-order valence-corrected chi connectivity index (χ3v) is 9.87. The molecule has 0 amide bonds. The van der Waals surface area contributed by atoms with Gasteiger partial charge < -0.3 is 9.84 Å². The third-order valence-electron chi connectivity index (χ3n) is 9.02. The zero-order valence-electron chi connectivity index (χ0n) is 26.7. The van der Waals surface area contributed by atoms with Crippen LogP contribution in [0.2, 0.25) is 10.0 Å². The van der Waals surface area contributed by atoms with E-state index >= 15 is 0 Å². The molecule has 1 saturated heterocycles. The van der Waals surface area contributed by atoms with E-state index in [1.165, 1.54) is 5.56 Å². The highest BCUT2D eigenvalue weighted by Crippen LogP contribution is 2.40. The number of hydrogen-bond acceptors (Lipinski definition) is 8. The molecule has 0 spiro atoms. The Kier molecular flexibility index (Phi) is 9.73. The number of halogens is 2. The SMILES string of the molecule is CCCN1Cc2nc(C(=O)Cc3cccc(-c4cccc(-c5cnc(CN6CC(O)C6)c(OC)n5)c4Cl)c3Cl)cc(C)c2CC1C. The van der Waals surface area contributed by atoms with Gasteiger partial charge in [-0.05, 0) is 56.0 Å². The van der Waals surface area contributed by atoms with Crippen molar-refractivity contribution in [2.75, 3.05) is 26.7 Å². The van der Waals surface area contributed by atoms with Crippen molar-refractivity contribution in [3.8, 4) is 28.3 Å². The van der Waals surface area contributed by atoms with Crippen LogP contribution in [0.3, 0.4) is 0 Å². The number of carbonyl (C=O) groups is 1. The van der Waals surface area contributed by atoms with E-state index in [0.717, 1.165) is 48.3 Å². The number of likely N-dealkylation sites (tertiary alicyclic amines) is 1. The van der Waals surface area contributed by atoms with Crippen LogP contribution in [-0.4, -0.2) is 74.5 Å². The van der Waals surface area contributed by atoms with Crippen molar-refractivity contribution in [3.63, 3.8) is 0 Å². The number of Topliss-reactive ketones (excluding diaryl/α,β-unsaturated/α-hetero) is 1. The fourth-order valence-electron chi connectivity index (χ4n) is 6.48. The molecule has 1 unspecified atom stereocenters. The number of pyridine rings is 1. The Morgan fingerprint density at radius 1 is 1.07 bits per heavy atom. The van der Waals surface area contributed by atoms with Gasteiger partial charge in [0.05, 0.1) is 40.8 Å². The second-order valence-corrected chi connectivity index (χ2v) is 13.1. The number of benzene rings is 2. The lowest BCUT2D eigenvalue weighted by Gasteiger charge is -2.35. The maximum absolute atomic E-state index is 13.6. The highest BCUT2D eigenvalue weighted by molar-refractivity contribution is 6.38. The summed E-state index contributed by atoms with van der Waals surface area (Å²) in [6.45, 7) is 10.1. The monoisotopic (exact) mass is 659 g/mol. The van der Waals surface area contributed by atoms with Crippen molar-refractivity contribution in [2.45, 2.75) is 65.3 Å². The van der Waals surface area contributed by atoms with Gasteiger partial charge in [0.15, 0.2) is 5.78 Å². The summed E-state index contributed by atoms with van der Waals surface area (Å²) in [4.78, 5) is 32.3.